The maximum Gasteiger partial charge on any atom is 0.132 e. The van der Waals surface area contributed by atoms with E-state index in [9.17, 15) is 0 Å². The van der Waals surface area contributed by atoms with Crippen LogP contribution in [-0.2, 0) is 5.88 Å². The van der Waals surface area contributed by atoms with Crippen molar-refractivity contribution in [3.8, 4) is 0 Å². The third-order valence-corrected chi connectivity index (χ3v) is 3.78. The molecule has 1 aromatic heterocycles. The average Bonchev–Trinajstić information content (AvgIpc) is 2.78. The van der Waals surface area contributed by atoms with Crippen molar-refractivity contribution in [1.82, 2.24) is 10.2 Å². The van der Waals surface area contributed by atoms with E-state index in [2.05, 4.69) is 29.3 Å². The Hall–Kier alpha value is -0.930. The van der Waals surface area contributed by atoms with Gasteiger partial charge in [-0.15, -0.1) is 21.8 Å². The molecule has 2 aromatic rings. The summed E-state index contributed by atoms with van der Waals surface area (Å²) in [7, 11) is 0. The maximum absolute atomic E-state index is 5.70. The molecule has 1 aromatic carbocycles. The van der Waals surface area contributed by atoms with Crippen molar-refractivity contribution < 1.29 is 0 Å². The lowest BCUT2D eigenvalue weighted by atomic mass is 10.0. The van der Waals surface area contributed by atoms with Gasteiger partial charge in [0.2, 0.25) is 0 Å². The molecule has 2 rings (SSSR count). The summed E-state index contributed by atoms with van der Waals surface area (Å²) < 4.78 is 0. The van der Waals surface area contributed by atoms with Crippen molar-refractivity contribution in [1.29, 1.82) is 0 Å². The first kappa shape index (κ1) is 10.6. The van der Waals surface area contributed by atoms with Crippen molar-refractivity contribution in [2.45, 2.75) is 18.7 Å². The van der Waals surface area contributed by atoms with E-state index in [-0.39, 0.29) is 0 Å². The van der Waals surface area contributed by atoms with Gasteiger partial charge in [0, 0.05) is 5.92 Å². The van der Waals surface area contributed by atoms with Crippen LogP contribution >= 0.6 is 22.9 Å². The molecule has 1 heterocycles. The fraction of sp³-hybridized carbons (Fsp3) is 0.273. The molecule has 0 saturated heterocycles. The molecule has 4 heteroatoms. The Morgan fingerprint density at radius 3 is 2.60 bits per heavy atom. The van der Waals surface area contributed by atoms with E-state index >= 15 is 0 Å². The fourth-order valence-electron chi connectivity index (χ4n) is 1.38. The maximum atomic E-state index is 5.70. The summed E-state index contributed by atoms with van der Waals surface area (Å²) in [5, 5.41) is 10.1. The van der Waals surface area contributed by atoms with E-state index in [0.717, 1.165) is 10.0 Å². The molecule has 15 heavy (non-hydrogen) atoms. The van der Waals surface area contributed by atoms with E-state index in [1.807, 2.05) is 18.2 Å². The zero-order valence-corrected chi connectivity index (χ0v) is 9.92. The molecule has 0 saturated carbocycles. The van der Waals surface area contributed by atoms with Crippen molar-refractivity contribution in [2.75, 3.05) is 0 Å². The Kier molecular flexibility index (Phi) is 3.34. The molecule has 0 N–H and O–H groups in total. The molecule has 0 bridgehead atoms. The van der Waals surface area contributed by atoms with Crippen molar-refractivity contribution in [3.63, 3.8) is 0 Å². The molecule has 78 valence electrons. The SMILES string of the molecule is CC(c1ccccc1)c1nnc(CCl)s1. The molecule has 1 atom stereocenters. The lowest BCUT2D eigenvalue weighted by Crippen LogP contribution is -1.94. The van der Waals surface area contributed by atoms with Crippen LogP contribution in [0.4, 0.5) is 0 Å². The van der Waals surface area contributed by atoms with Gasteiger partial charge in [0.15, 0.2) is 0 Å². The predicted octanol–water partition coefficient (Wildman–Crippen LogP) is 3.43. The van der Waals surface area contributed by atoms with E-state index < -0.39 is 0 Å². The van der Waals surface area contributed by atoms with Crippen LogP contribution < -0.4 is 0 Å². The van der Waals surface area contributed by atoms with Crippen LogP contribution in [0.1, 0.15) is 28.4 Å². The van der Waals surface area contributed by atoms with Crippen molar-refractivity contribution >= 4 is 22.9 Å². The molecule has 0 spiro atoms. The Bertz CT molecular complexity index is 427. The van der Waals surface area contributed by atoms with Crippen molar-refractivity contribution in [3.05, 3.63) is 45.9 Å². The standard InChI is InChI=1S/C11H11ClN2S/c1-8(9-5-3-2-4-6-9)11-14-13-10(7-12)15-11/h2-6,8H,7H2,1H3. The molecular weight excluding hydrogens is 228 g/mol. The van der Waals surface area contributed by atoms with Gasteiger partial charge in [0.05, 0.1) is 5.88 Å². The average molecular weight is 239 g/mol. The van der Waals surface area contributed by atoms with E-state index in [0.29, 0.717) is 11.8 Å². The van der Waals surface area contributed by atoms with Crippen LogP contribution in [0.25, 0.3) is 0 Å². The minimum atomic E-state index is 0.292. The molecule has 0 aliphatic heterocycles. The van der Waals surface area contributed by atoms with Crippen molar-refractivity contribution in [2.24, 2.45) is 0 Å². The van der Waals surface area contributed by atoms with Gasteiger partial charge in [-0.3, -0.25) is 0 Å². The molecule has 0 fully saturated rings. The fourth-order valence-corrected chi connectivity index (χ4v) is 2.37. The van der Waals surface area contributed by atoms with Gasteiger partial charge < -0.3 is 0 Å². The highest BCUT2D eigenvalue weighted by Gasteiger charge is 2.13. The van der Waals surface area contributed by atoms with Crippen LogP contribution in [0.2, 0.25) is 0 Å². The number of rotatable bonds is 3. The van der Waals surface area contributed by atoms with E-state index in [1.54, 1.807) is 11.3 Å². The van der Waals surface area contributed by atoms with E-state index in [4.69, 9.17) is 11.6 Å². The summed E-state index contributed by atoms with van der Waals surface area (Å²) in [6, 6.07) is 10.3. The predicted molar refractivity (Wildman–Crippen MR) is 63.4 cm³/mol. The summed E-state index contributed by atoms with van der Waals surface area (Å²) in [6.45, 7) is 2.13. The highest BCUT2D eigenvalue weighted by Crippen LogP contribution is 2.26. The number of aromatic nitrogens is 2. The Morgan fingerprint density at radius 1 is 1.27 bits per heavy atom. The Balaban J connectivity index is 2.24. The van der Waals surface area contributed by atoms with E-state index in [1.165, 1.54) is 5.56 Å². The van der Waals surface area contributed by atoms with Gasteiger partial charge in [-0.25, -0.2) is 0 Å². The number of hydrogen-bond acceptors (Lipinski definition) is 3. The van der Waals surface area contributed by atoms with Crippen LogP contribution in [0.3, 0.4) is 0 Å². The quantitative estimate of drug-likeness (QED) is 0.766. The summed E-state index contributed by atoms with van der Waals surface area (Å²) >= 11 is 7.28. The second-order valence-electron chi connectivity index (χ2n) is 3.30. The summed E-state index contributed by atoms with van der Waals surface area (Å²) in [5.74, 6) is 0.736. The zero-order chi connectivity index (χ0) is 10.7. The van der Waals surface area contributed by atoms with Gasteiger partial charge in [-0.2, -0.15) is 0 Å². The topological polar surface area (TPSA) is 25.8 Å². The Labute approximate surface area is 97.9 Å². The normalized spacial score (nSPS) is 12.7. The van der Waals surface area contributed by atoms with Gasteiger partial charge in [-0.05, 0) is 5.56 Å². The molecule has 0 radical (unpaired) electrons. The first-order valence-electron chi connectivity index (χ1n) is 4.74. The van der Waals surface area contributed by atoms with Gasteiger partial charge in [-0.1, -0.05) is 48.6 Å². The van der Waals surface area contributed by atoms with Crippen LogP contribution in [0, 0.1) is 0 Å². The summed E-state index contributed by atoms with van der Waals surface area (Å²) in [6.07, 6.45) is 0. The van der Waals surface area contributed by atoms with Gasteiger partial charge in [0.25, 0.3) is 0 Å². The minimum Gasteiger partial charge on any atom is -0.143 e. The summed E-state index contributed by atoms with van der Waals surface area (Å²) in [5.41, 5.74) is 1.26. The smallest absolute Gasteiger partial charge is 0.132 e. The number of alkyl halides is 1. The molecule has 1 unspecified atom stereocenters. The first-order valence-corrected chi connectivity index (χ1v) is 6.09. The number of halogens is 1. The number of hydrogen-bond donors (Lipinski definition) is 0. The third kappa shape index (κ3) is 2.36. The number of nitrogens with zero attached hydrogens (tertiary/aromatic N) is 2. The molecule has 0 amide bonds. The molecule has 0 aliphatic carbocycles. The lowest BCUT2D eigenvalue weighted by molar-refractivity contribution is 0.862. The van der Waals surface area contributed by atoms with Crippen LogP contribution in [0.15, 0.2) is 30.3 Å². The van der Waals surface area contributed by atoms with Crippen LogP contribution in [0.5, 0.6) is 0 Å². The van der Waals surface area contributed by atoms with Gasteiger partial charge in [0.1, 0.15) is 10.0 Å². The minimum absolute atomic E-state index is 0.292. The van der Waals surface area contributed by atoms with Gasteiger partial charge >= 0.3 is 0 Å². The largest absolute Gasteiger partial charge is 0.143 e. The molecule has 0 aliphatic rings. The second kappa shape index (κ2) is 4.73. The second-order valence-corrected chi connectivity index (χ2v) is 4.66. The van der Waals surface area contributed by atoms with Crippen LogP contribution in [-0.4, -0.2) is 10.2 Å². The lowest BCUT2D eigenvalue weighted by Gasteiger charge is -2.06. The molecule has 2 nitrogen and oxygen atoms in total. The Morgan fingerprint density at radius 2 is 2.00 bits per heavy atom. The zero-order valence-electron chi connectivity index (χ0n) is 8.35. The monoisotopic (exact) mass is 238 g/mol. The number of benzene rings is 1. The first-order chi connectivity index (χ1) is 7.31. The third-order valence-electron chi connectivity index (χ3n) is 2.27. The molecular formula is C11H11ClN2S. The highest BCUT2D eigenvalue weighted by molar-refractivity contribution is 7.11. The summed E-state index contributed by atoms with van der Waals surface area (Å²) in [4.78, 5) is 0. The highest BCUT2D eigenvalue weighted by atomic mass is 35.5.